The number of methoxy groups -OCH3 is 1. The summed E-state index contributed by atoms with van der Waals surface area (Å²) in [6.07, 6.45) is 6.99. The molecule has 0 amide bonds. The second kappa shape index (κ2) is 11.5. The van der Waals surface area contributed by atoms with E-state index in [9.17, 15) is 0 Å². The highest BCUT2D eigenvalue weighted by atomic mass is 35.5. The molecule has 0 fully saturated rings. The average molecular weight is 545 g/mol. The Morgan fingerprint density at radius 3 is 1.82 bits per heavy atom. The van der Waals surface area contributed by atoms with Gasteiger partial charge in [0.2, 0.25) is 23.2 Å². The maximum Gasteiger partial charge on any atom is 0.228 e. The van der Waals surface area contributed by atoms with Gasteiger partial charge in [0, 0.05) is 61.3 Å². The molecule has 14 heteroatoms. The van der Waals surface area contributed by atoms with Crippen LogP contribution in [0.4, 0.5) is 34.9 Å². The lowest BCUT2D eigenvalue weighted by Crippen LogP contribution is -2.00. The van der Waals surface area contributed by atoms with Crippen LogP contribution in [0.25, 0.3) is 11.3 Å². The Labute approximate surface area is 228 Å². The number of anilines is 6. The zero-order valence-electron chi connectivity index (χ0n) is 21.3. The summed E-state index contributed by atoms with van der Waals surface area (Å²) in [5.41, 5.74) is 3.07. The number of fused-ring (bicyclic) bond motifs is 2. The van der Waals surface area contributed by atoms with Gasteiger partial charge in [-0.05, 0) is 36.4 Å². The number of aromatic nitrogens is 8. The highest BCUT2D eigenvalue weighted by Gasteiger charge is 2.10. The van der Waals surface area contributed by atoms with E-state index in [0.29, 0.717) is 39.8 Å². The van der Waals surface area contributed by atoms with Crippen LogP contribution < -0.4 is 26.0 Å². The van der Waals surface area contributed by atoms with E-state index in [0.717, 1.165) is 17.1 Å². The molecule has 6 aromatic rings. The van der Waals surface area contributed by atoms with Gasteiger partial charge in [0.15, 0.2) is 11.6 Å². The maximum atomic E-state index is 5.85. The van der Waals surface area contributed by atoms with Crippen molar-refractivity contribution in [1.29, 1.82) is 0 Å². The Morgan fingerprint density at radius 2 is 1.28 bits per heavy atom. The molecule has 0 radical (unpaired) electrons. The summed E-state index contributed by atoms with van der Waals surface area (Å²) >= 11 is 5.85. The van der Waals surface area contributed by atoms with Crippen molar-refractivity contribution in [1.82, 2.24) is 39.2 Å². The molecule has 198 valence electrons. The molecule has 4 N–H and O–H groups in total. The summed E-state index contributed by atoms with van der Waals surface area (Å²) in [7, 11) is 5.23. The SMILES string of the molecule is CNc1nnc2c(Nc3ccc(Cl)cc3)nccn12.CNc1nnc2c(Nc3cccc(OC)c3)nccn12. The van der Waals surface area contributed by atoms with E-state index in [1.54, 1.807) is 46.0 Å². The molecule has 6 rings (SSSR count). The zero-order valence-corrected chi connectivity index (χ0v) is 22.0. The van der Waals surface area contributed by atoms with Gasteiger partial charge in [-0.25, -0.2) is 9.97 Å². The fourth-order valence-electron chi connectivity index (χ4n) is 3.68. The van der Waals surface area contributed by atoms with Crippen molar-refractivity contribution in [2.45, 2.75) is 0 Å². The van der Waals surface area contributed by atoms with Gasteiger partial charge in [-0.2, -0.15) is 0 Å². The first-order chi connectivity index (χ1) is 19.1. The second-order valence-corrected chi connectivity index (χ2v) is 8.41. The highest BCUT2D eigenvalue weighted by Crippen LogP contribution is 2.23. The predicted molar refractivity (Wildman–Crippen MR) is 152 cm³/mol. The number of nitrogens with zero attached hydrogens (tertiary/aromatic N) is 8. The van der Waals surface area contributed by atoms with Crippen molar-refractivity contribution in [2.75, 3.05) is 42.5 Å². The van der Waals surface area contributed by atoms with E-state index in [1.807, 2.05) is 57.3 Å². The van der Waals surface area contributed by atoms with Crippen LogP contribution in [-0.2, 0) is 0 Å². The normalized spacial score (nSPS) is 10.6. The Bertz CT molecular complexity index is 1700. The topological polar surface area (TPSA) is 144 Å². The second-order valence-electron chi connectivity index (χ2n) is 7.97. The summed E-state index contributed by atoms with van der Waals surface area (Å²) < 4.78 is 8.85. The van der Waals surface area contributed by atoms with Gasteiger partial charge >= 0.3 is 0 Å². The molecule has 0 saturated heterocycles. The summed E-state index contributed by atoms with van der Waals surface area (Å²) in [6, 6.07) is 15.0. The molecule has 0 spiro atoms. The molecule has 13 nitrogen and oxygen atoms in total. The molecular formula is C25H25ClN12O. The summed E-state index contributed by atoms with van der Waals surface area (Å²) in [6.45, 7) is 0. The maximum absolute atomic E-state index is 5.85. The predicted octanol–water partition coefficient (Wildman–Crippen LogP) is 4.48. The van der Waals surface area contributed by atoms with Gasteiger partial charge in [-0.15, -0.1) is 20.4 Å². The van der Waals surface area contributed by atoms with Gasteiger partial charge in [-0.3, -0.25) is 8.80 Å². The fraction of sp³-hybridized carbons (Fsp3) is 0.120. The van der Waals surface area contributed by atoms with Crippen molar-refractivity contribution in [3.05, 3.63) is 78.3 Å². The van der Waals surface area contributed by atoms with Crippen molar-refractivity contribution in [2.24, 2.45) is 0 Å². The molecule has 4 heterocycles. The highest BCUT2D eigenvalue weighted by molar-refractivity contribution is 6.30. The van der Waals surface area contributed by atoms with Crippen LogP contribution in [0.1, 0.15) is 0 Å². The molecule has 4 aromatic heterocycles. The van der Waals surface area contributed by atoms with Crippen LogP contribution in [0, 0.1) is 0 Å². The van der Waals surface area contributed by atoms with Crippen LogP contribution in [0.5, 0.6) is 5.75 Å². The van der Waals surface area contributed by atoms with Gasteiger partial charge in [0.05, 0.1) is 7.11 Å². The molecule has 2 aromatic carbocycles. The Hall–Kier alpha value is -5.17. The van der Waals surface area contributed by atoms with E-state index in [4.69, 9.17) is 16.3 Å². The monoisotopic (exact) mass is 544 g/mol. The minimum atomic E-state index is 0.634. The third-order valence-corrected chi connectivity index (χ3v) is 5.79. The molecule has 0 saturated carbocycles. The van der Waals surface area contributed by atoms with Crippen LogP contribution in [0.3, 0.4) is 0 Å². The van der Waals surface area contributed by atoms with Crippen LogP contribution in [-0.4, -0.2) is 60.4 Å². The van der Waals surface area contributed by atoms with E-state index < -0.39 is 0 Å². The molecule has 0 bridgehead atoms. The number of hydrogen-bond donors (Lipinski definition) is 4. The Kier molecular flexibility index (Phi) is 7.50. The van der Waals surface area contributed by atoms with Crippen molar-refractivity contribution >= 4 is 57.8 Å². The molecule has 0 atom stereocenters. The summed E-state index contributed by atoms with van der Waals surface area (Å²) in [5, 5.41) is 29.3. The van der Waals surface area contributed by atoms with Gasteiger partial charge < -0.3 is 26.0 Å². The molecule has 39 heavy (non-hydrogen) atoms. The van der Waals surface area contributed by atoms with Gasteiger partial charge in [0.1, 0.15) is 5.75 Å². The lowest BCUT2D eigenvalue weighted by atomic mass is 10.3. The number of halogens is 1. The minimum absolute atomic E-state index is 0.634. The quantitative estimate of drug-likeness (QED) is 0.226. The fourth-order valence-corrected chi connectivity index (χ4v) is 3.80. The van der Waals surface area contributed by atoms with Crippen LogP contribution >= 0.6 is 11.6 Å². The lowest BCUT2D eigenvalue weighted by Gasteiger charge is -2.08. The third kappa shape index (κ3) is 5.57. The zero-order chi connectivity index (χ0) is 27.2. The first-order valence-electron chi connectivity index (χ1n) is 11.8. The van der Waals surface area contributed by atoms with Gasteiger partial charge in [-0.1, -0.05) is 17.7 Å². The first-order valence-corrected chi connectivity index (χ1v) is 12.2. The Morgan fingerprint density at radius 1 is 0.718 bits per heavy atom. The number of ether oxygens (including phenoxy) is 1. The van der Waals surface area contributed by atoms with Crippen LogP contribution in [0.15, 0.2) is 73.3 Å². The largest absolute Gasteiger partial charge is 0.497 e. The summed E-state index contributed by atoms with van der Waals surface area (Å²) in [4.78, 5) is 8.58. The summed E-state index contributed by atoms with van der Waals surface area (Å²) in [5.74, 6) is 3.38. The molecular weight excluding hydrogens is 520 g/mol. The van der Waals surface area contributed by atoms with Crippen molar-refractivity contribution < 1.29 is 4.74 Å². The van der Waals surface area contributed by atoms with E-state index in [-0.39, 0.29) is 0 Å². The smallest absolute Gasteiger partial charge is 0.228 e. The average Bonchev–Trinajstić information content (AvgIpc) is 3.60. The molecule has 0 aliphatic carbocycles. The van der Waals surface area contributed by atoms with E-state index in [2.05, 4.69) is 51.6 Å². The standard InChI is InChI=1S/C13H14N6O.C12H11ClN6/c1-14-13-18-17-12-11(15-6-7-19(12)13)16-9-4-3-5-10(8-9)20-2;1-14-12-18-17-11-10(15-6-7-19(11)12)16-9-4-2-8(13)3-5-9/h3-8H,1-2H3,(H,14,18)(H,15,16);2-7H,1H3,(H,14,18)(H,15,16). The Balaban J connectivity index is 0.000000158. The number of benzene rings is 2. The number of rotatable bonds is 7. The lowest BCUT2D eigenvalue weighted by molar-refractivity contribution is 0.415. The minimum Gasteiger partial charge on any atom is -0.497 e. The first kappa shape index (κ1) is 25.5. The van der Waals surface area contributed by atoms with E-state index in [1.165, 1.54) is 0 Å². The van der Waals surface area contributed by atoms with E-state index >= 15 is 0 Å². The van der Waals surface area contributed by atoms with Gasteiger partial charge in [0.25, 0.3) is 0 Å². The molecule has 0 aliphatic heterocycles. The van der Waals surface area contributed by atoms with Crippen molar-refractivity contribution in [3.63, 3.8) is 0 Å². The number of nitrogens with one attached hydrogen (secondary N) is 4. The van der Waals surface area contributed by atoms with Crippen LogP contribution in [0.2, 0.25) is 5.02 Å². The number of hydrogen-bond acceptors (Lipinski definition) is 11. The van der Waals surface area contributed by atoms with Crippen molar-refractivity contribution in [3.8, 4) is 5.75 Å². The molecule has 0 unspecified atom stereocenters. The third-order valence-electron chi connectivity index (χ3n) is 5.54. The molecule has 0 aliphatic rings.